The van der Waals surface area contributed by atoms with E-state index < -0.39 is 10.0 Å². The van der Waals surface area contributed by atoms with Crippen LogP contribution in [0, 0.1) is 5.92 Å². The molecular weight excluding hydrogens is 224 g/mol. The van der Waals surface area contributed by atoms with Gasteiger partial charge in [-0.2, -0.15) is 0 Å². The van der Waals surface area contributed by atoms with E-state index >= 15 is 0 Å². The Hall–Kier alpha value is -0.130. The van der Waals surface area contributed by atoms with Gasteiger partial charge in [-0.15, -0.1) is 0 Å². The van der Waals surface area contributed by atoms with Crippen molar-refractivity contribution >= 4 is 10.0 Å². The molecule has 16 heavy (non-hydrogen) atoms. The van der Waals surface area contributed by atoms with Crippen molar-refractivity contribution in [2.24, 2.45) is 5.92 Å². The van der Waals surface area contributed by atoms with Crippen molar-refractivity contribution in [3.8, 4) is 0 Å². The molecule has 0 spiro atoms. The Morgan fingerprint density at radius 3 is 2.25 bits per heavy atom. The summed E-state index contributed by atoms with van der Waals surface area (Å²) in [5.41, 5.74) is 0. The molecule has 0 bridgehead atoms. The third-order valence-corrected chi connectivity index (χ3v) is 3.67. The fraction of sp³-hybridized carbons (Fsp3) is 1.00. The lowest BCUT2D eigenvalue weighted by Crippen LogP contribution is -2.43. The van der Waals surface area contributed by atoms with Crippen LogP contribution in [0.3, 0.4) is 0 Å². The summed E-state index contributed by atoms with van der Waals surface area (Å²) in [5, 5.41) is 0. The molecule has 0 saturated carbocycles. The zero-order valence-corrected chi connectivity index (χ0v) is 11.4. The van der Waals surface area contributed by atoms with Crippen molar-refractivity contribution in [1.82, 2.24) is 9.62 Å². The van der Waals surface area contributed by atoms with Gasteiger partial charge in [-0.25, -0.2) is 13.1 Å². The highest BCUT2D eigenvalue weighted by molar-refractivity contribution is 7.88. The summed E-state index contributed by atoms with van der Waals surface area (Å²) in [5.74, 6) is 0.604. The van der Waals surface area contributed by atoms with E-state index in [1.54, 1.807) is 0 Å². The van der Waals surface area contributed by atoms with Gasteiger partial charge >= 0.3 is 0 Å². The first-order valence-electron chi connectivity index (χ1n) is 6.07. The lowest BCUT2D eigenvalue weighted by atomic mass is 10.0. The van der Waals surface area contributed by atoms with E-state index in [-0.39, 0.29) is 0 Å². The van der Waals surface area contributed by atoms with Crippen LogP contribution in [0.4, 0.5) is 0 Å². The van der Waals surface area contributed by atoms with Crippen LogP contribution in [0.25, 0.3) is 0 Å². The maximum absolute atomic E-state index is 11.1. The number of nitrogens with zero attached hydrogens (tertiary/aromatic N) is 1. The minimum absolute atomic E-state index is 0.359. The molecule has 1 N–H and O–H groups in total. The topological polar surface area (TPSA) is 49.4 Å². The van der Waals surface area contributed by atoms with Gasteiger partial charge in [0.2, 0.25) is 10.0 Å². The molecule has 1 aliphatic rings. The van der Waals surface area contributed by atoms with Gasteiger partial charge in [0.05, 0.1) is 6.26 Å². The largest absolute Gasteiger partial charge is 0.299 e. The zero-order valence-electron chi connectivity index (χ0n) is 10.6. The minimum atomic E-state index is -3.06. The van der Waals surface area contributed by atoms with Crippen LogP contribution >= 0.6 is 0 Å². The second-order valence-corrected chi connectivity index (χ2v) is 6.98. The monoisotopic (exact) mass is 248 g/mol. The number of hydrogen-bond acceptors (Lipinski definition) is 3. The van der Waals surface area contributed by atoms with Crippen LogP contribution in [-0.4, -0.2) is 45.2 Å². The summed E-state index contributed by atoms with van der Waals surface area (Å²) in [6.45, 7) is 7.15. The fourth-order valence-electron chi connectivity index (χ4n) is 2.26. The average molecular weight is 248 g/mol. The highest BCUT2D eigenvalue weighted by Gasteiger charge is 2.23. The van der Waals surface area contributed by atoms with E-state index in [4.69, 9.17) is 0 Å². The van der Waals surface area contributed by atoms with Crippen LogP contribution in [0.2, 0.25) is 0 Å². The fourth-order valence-corrected chi connectivity index (χ4v) is 2.76. The smallest absolute Gasteiger partial charge is 0.208 e. The zero-order chi connectivity index (χ0) is 12.2. The van der Waals surface area contributed by atoms with Crippen LogP contribution in [0.5, 0.6) is 0 Å². The van der Waals surface area contributed by atoms with E-state index in [0.717, 1.165) is 19.5 Å². The Kier molecular flexibility index (Phi) is 5.21. The molecule has 96 valence electrons. The van der Waals surface area contributed by atoms with Gasteiger partial charge in [0.15, 0.2) is 0 Å². The highest BCUT2D eigenvalue weighted by atomic mass is 32.2. The first-order chi connectivity index (χ1) is 7.38. The van der Waals surface area contributed by atoms with Gasteiger partial charge in [-0.3, -0.25) is 4.90 Å². The van der Waals surface area contributed by atoms with E-state index in [0.29, 0.717) is 18.5 Å². The average Bonchev–Trinajstić information content (AvgIpc) is 2.62. The third-order valence-electron chi connectivity index (χ3n) is 2.98. The molecular formula is C11H24N2O2S. The van der Waals surface area contributed by atoms with Crippen molar-refractivity contribution < 1.29 is 8.42 Å². The second-order valence-electron chi connectivity index (χ2n) is 5.15. The SMILES string of the molecule is CC(C)CC(CNS(C)(=O)=O)N1CCCC1. The molecule has 1 aliphatic heterocycles. The van der Waals surface area contributed by atoms with Gasteiger partial charge in [-0.1, -0.05) is 13.8 Å². The number of nitrogens with one attached hydrogen (secondary N) is 1. The molecule has 0 radical (unpaired) electrons. The molecule has 1 saturated heterocycles. The number of rotatable bonds is 6. The van der Waals surface area contributed by atoms with E-state index in [1.165, 1.54) is 19.1 Å². The molecule has 0 aliphatic carbocycles. The molecule has 0 aromatic carbocycles. The Morgan fingerprint density at radius 2 is 1.81 bits per heavy atom. The number of hydrogen-bond donors (Lipinski definition) is 1. The molecule has 0 aromatic rings. The van der Waals surface area contributed by atoms with Crippen molar-refractivity contribution in [3.05, 3.63) is 0 Å². The van der Waals surface area contributed by atoms with Gasteiger partial charge in [0.25, 0.3) is 0 Å². The third kappa shape index (κ3) is 5.27. The van der Waals surface area contributed by atoms with Crippen molar-refractivity contribution in [3.63, 3.8) is 0 Å². The Morgan fingerprint density at radius 1 is 1.25 bits per heavy atom. The van der Waals surface area contributed by atoms with E-state index in [9.17, 15) is 8.42 Å². The quantitative estimate of drug-likeness (QED) is 0.764. The minimum Gasteiger partial charge on any atom is -0.299 e. The van der Waals surface area contributed by atoms with Crippen molar-refractivity contribution in [2.45, 2.75) is 39.2 Å². The number of likely N-dealkylation sites (tertiary alicyclic amines) is 1. The second kappa shape index (κ2) is 5.98. The molecule has 0 amide bonds. The normalized spacial score (nSPS) is 20.5. The lowest BCUT2D eigenvalue weighted by molar-refractivity contribution is 0.214. The summed E-state index contributed by atoms with van der Waals surface area (Å²) in [6.07, 6.45) is 4.77. The van der Waals surface area contributed by atoms with Crippen LogP contribution in [-0.2, 0) is 10.0 Å². The molecule has 5 heteroatoms. The molecule has 1 unspecified atom stereocenters. The Balaban J connectivity index is 2.49. The summed E-state index contributed by atoms with van der Waals surface area (Å²) in [7, 11) is -3.06. The first-order valence-corrected chi connectivity index (χ1v) is 7.96. The standard InChI is InChI=1S/C11H24N2O2S/c1-10(2)8-11(9-12-16(3,14)15)13-6-4-5-7-13/h10-12H,4-9H2,1-3H3. The summed E-state index contributed by atoms with van der Waals surface area (Å²) in [4.78, 5) is 2.41. The molecule has 1 rings (SSSR count). The van der Waals surface area contributed by atoms with Crippen molar-refractivity contribution in [2.75, 3.05) is 25.9 Å². The molecule has 1 atom stereocenters. The van der Waals surface area contributed by atoms with E-state index in [2.05, 4.69) is 23.5 Å². The highest BCUT2D eigenvalue weighted by Crippen LogP contribution is 2.17. The molecule has 1 heterocycles. The Labute approximate surface area is 99.5 Å². The molecule has 0 aromatic heterocycles. The van der Waals surface area contributed by atoms with Crippen LogP contribution < -0.4 is 4.72 Å². The van der Waals surface area contributed by atoms with Gasteiger partial charge in [-0.05, 0) is 38.3 Å². The Bertz CT molecular complexity index is 295. The maximum Gasteiger partial charge on any atom is 0.208 e. The lowest BCUT2D eigenvalue weighted by Gasteiger charge is -2.28. The predicted octanol–water partition coefficient (Wildman–Crippen LogP) is 1.05. The van der Waals surface area contributed by atoms with Gasteiger partial charge in [0, 0.05) is 12.6 Å². The summed E-state index contributed by atoms with van der Waals surface area (Å²) < 4.78 is 24.8. The molecule has 1 fully saturated rings. The first kappa shape index (κ1) is 13.9. The predicted molar refractivity (Wildman–Crippen MR) is 66.9 cm³/mol. The molecule has 4 nitrogen and oxygen atoms in total. The number of sulfonamides is 1. The van der Waals surface area contributed by atoms with Crippen LogP contribution in [0.1, 0.15) is 33.1 Å². The maximum atomic E-state index is 11.1. The van der Waals surface area contributed by atoms with Crippen molar-refractivity contribution in [1.29, 1.82) is 0 Å². The summed E-state index contributed by atoms with van der Waals surface area (Å²) in [6, 6.07) is 0.359. The summed E-state index contributed by atoms with van der Waals surface area (Å²) >= 11 is 0. The van der Waals surface area contributed by atoms with Gasteiger partial charge < -0.3 is 0 Å². The van der Waals surface area contributed by atoms with Crippen LogP contribution in [0.15, 0.2) is 0 Å². The van der Waals surface area contributed by atoms with E-state index in [1.807, 2.05) is 0 Å². The van der Waals surface area contributed by atoms with Gasteiger partial charge in [0.1, 0.15) is 0 Å².